The molecule has 0 unspecified atom stereocenters. The number of rotatable bonds is 4. The number of hydrogen-bond acceptors (Lipinski definition) is 3. The van der Waals surface area contributed by atoms with E-state index in [4.69, 9.17) is 3.87 Å². The lowest BCUT2D eigenvalue weighted by Crippen LogP contribution is -2.38. The van der Waals surface area contributed by atoms with Crippen molar-refractivity contribution >= 4 is 26.5 Å². The third kappa shape index (κ3) is 8.67. The maximum absolute atomic E-state index is 11.5. The molecular formula is C7H20O3SSi2. The van der Waals surface area contributed by atoms with Gasteiger partial charge in [0.2, 0.25) is 8.32 Å². The van der Waals surface area contributed by atoms with E-state index < -0.39 is 26.5 Å². The van der Waals surface area contributed by atoms with Crippen LogP contribution < -0.4 is 0 Å². The van der Waals surface area contributed by atoms with Crippen molar-refractivity contribution in [3.05, 3.63) is 0 Å². The van der Waals surface area contributed by atoms with Crippen LogP contribution in [0.2, 0.25) is 39.3 Å². The maximum Gasteiger partial charge on any atom is 0.255 e. The Morgan fingerprint density at radius 1 is 1.00 bits per heavy atom. The fourth-order valence-electron chi connectivity index (χ4n) is 0.941. The van der Waals surface area contributed by atoms with Crippen molar-refractivity contribution in [2.24, 2.45) is 0 Å². The molecule has 80 valence electrons. The standard InChI is InChI=1S/C7H20O3SSi2/c1-12(2,3)7-11(8,9)10-13(4,5)6/h7H2,1-6H3. The van der Waals surface area contributed by atoms with Gasteiger partial charge in [-0.05, 0) is 19.6 Å². The van der Waals surface area contributed by atoms with Crippen molar-refractivity contribution in [1.82, 2.24) is 0 Å². The molecule has 0 spiro atoms. The molecule has 0 aromatic rings. The van der Waals surface area contributed by atoms with Gasteiger partial charge in [0, 0.05) is 0 Å². The van der Waals surface area contributed by atoms with Crippen LogP contribution in [0.4, 0.5) is 0 Å². The molecular weight excluding hydrogens is 220 g/mol. The molecule has 0 heterocycles. The Hall–Kier alpha value is 0.344. The summed E-state index contributed by atoms with van der Waals surface area (Å²) in [6.45, 7) is 11.7. The SMILES string of the molecule is C[Si](C)(C)CS(=O)(=O)O[Si](C)(C)C. The van der Waals surface area contributed by atoms with Gasteiger partial charge in [-0.3, -0.25) is 0 Å². The molecule has 0 rings (SSSR count). The fourth-order valence-corrected chi connectivity index (χ4v) is 9.00. The molecule has 6 heteroatoms. The van der Waals surface area contributed by atoms with Crippen molar-refractivity contribution in [1.29, 1.82) is 0 Å². The van der Waals surface area contributed by atoms with Gasteiger partial charge < -0.3 is 3.87 Å². The van der Waals surface area contributed by atoms with E-state index in [1.165, 1.54) is 0 Å². The predicted octanol–water partition coefficient (Wildman–Crippen LogP) is 2.05. The van der Waals surface area contributed by atoms with Crippen LogP contribution in [0.15, 0.2) is 0 Å². The summed E-state index contributed by atoms with van der Waals surface area (Å²) >= 11 is 0. The molecule has 0 amide bonds. The smallest absolute Gasteiger partial charge is 0.255 e. The van der Waals surface area contributed by atoms with Crippen LogP contribution in [-0.2, 0) is 14.0 Å². The largest absolute Gasteiger partial charge is 0.316 e. The zero-order valence-corrected chi connectivity index (χ0v) is 12.2. The Labute approximate surface area is 83.8 Å². The van der Waals surface area contributed by atoms with Crippen LogP contribution in [0, 0.1) is 0 Å². The van der Waals surface area contributed by atoms with Gasteiger partial charge in [-0.1, -0.05) is 19.6 Å². The molecule has 0 fully saturated rings. The summed E-state index contributed by atoms with van der Waals surface area (Å²) in [6.07, 6.45) is 0. The van der Waals surface area contributed by atoms with Crippen LogP contribution in [0.5, 0.6) is 0 Å². The van der Waals surface area contributed by atoms with Crippen molar-refractivity contribution in [3.63, 3.8) is 0 Å². The van der Waals surface area contributed by atoms with E-state index in [0.717, 1.165) is 0 Å². The first kappa shape index (κ1) is 13.3. The van der Waals surface area contributed by atoms with E-state index in [1.807, 2.05) is 39.3 Å². The predicted molar refractivity (Wildman–Crippen MR) is 61.6 cm³/mol. The van der Waals surface area contributed by atoms with E-state index in [2.05, 4.69) is 0 Å². The van der Waals surface area contributed by atoms with Gasteiger partial charge in [0.25, 0.3) is 10.1 Å². The topological polar surface area (TPSA) is 43.4 Å². The molecule has 0 N–H and O–H groups in total. The monoisotopic (exact) mass is 240 g/mol. The molecule has 0 aliphatic rings. The molecule has 13 heavy (non-hydrogen) atoms. The molecule has 0 aromatic heterocycles. The van der Waals surface area contributed by atoms with Crippen molar-refractivity contribution in [2.45, 2.75) is 39.3 Å². The van der Waals surface area contributed by atoms with Gasteiger partial charge >= 0.3 is 0 Å². The Balaban J connectivity index is 4.46. The van der Waals surface area contributed by atoms with Gasteiger partial charge in [0.05, 0.1) is 13.5 Å². The first-order valence-corrected chi connectivity index (χ1v) is 13.0. The highest BCUT2D eigenvalue weighted by Crippen LogP contribution is 2.13. The highest BCUT2D eigenvalue weighted by Gasteiger charge is 2.29. The van der Waals surface area contributed by atoms with Crippen LogP contribution in [0.1, 0.15) is 0 Å². The van der Waals surface area contributed by atoms with Gasteiger partial charge in [-0.15, -0.1) is 0 Å². The zero-order chi connectivity index (χ0) is 10.9. The fraction of sp³-hybridized carbons (Fsp3) is 1.00. The molecule has 0 saturated carbocycles. The average molecular weight is 240 g/mol. The summed E-state index contributed by atoms with van der Waals surface area (Å²) in [4.78, 5) is 0. The van der Waals surface area contributed by atoms with E-state index in [-0.39, 0.29) is 5.38 Å². The second kappa shape index (κ2) is 3.84. The van der Waals surface area contributed by atoms with E-state index in [1.54, 1.807) is 0 Å². The van der Waals surface area contributed by atoms with Crippen LogP contribution in [0.3, 0.4) is 0 Å². The van der Waals surface area contributed by atoms with Gasteiger partial charge in [0.1, 0.15) is 0 Å². The quantitative estimate of drug-likeness (QED) is 0.706. The van der Waals surface area contributed by atoms with Crippen LogP contribution in [-0.4, -0.2) is 30.2 Å². The second-order valence-corrected chi connectivity index (χ2v) is 17.7. The summed E-state index contributed by atoms with van der Waals surface area (Å²) in [5.74, 6) is 0. The van der Waals surface area contributed by atoms with E-state index in [9.17, 15) is 8.42 Å². The van der Waals surface area contributed by atoms with Gasteiger partial charge in [-0.2, -0.15) is 0 Å². The summed E-state index contributed by atoms with van der Waals surface area (Å²) in [6, 6.07) is 0. The highest BCUT2D eigenvalue weighted by molar-refractivity contribution is 7.89. The molecule has 0 radical (unpaired) electrons. The molecule has 0 atom stereocenters. The molecule has 3 nitrogen and oxygen atoms in total. The number of hydrogen-bond donors (Lipinski definition) is 0. The van der Waals surface area contributed by atoms with E-state index in [0.29, 0.717) is 0 Å². The Bertz CT molecular complexity index is 236. The lowest BCUT2D eigenvalue weighted by atomic mass is 11.8. The minimum Gasteiger partial charge on any atom is -0.316 e. The van der Waals surface area contributed by atoms with Crippen molar-refractivity contribution < 1.29 is 12.3 Å². The first-order valence-electron chi connectivity index (χ1n) is 4.35. The summed E-state index contributed by atoms with van der Waals surface area (Å²) in [5, 5.41) is 0.226. The highest BCUT2D eigenvalue weighted by atomic mass is 32.2. The molecule has 0 saturated heterocycles. The molecule has 0 bridgehead atoms. The van der Waals surface area contributed by atoms with Gasteiger partial charge in [-0.25, -0.2) is 8.42 Å². The molecule has 0 aliphatic carbocycles. The Morgan fingerprint density at radius 3 is 1.62 bits per heavy atom. The maximum atomic E-state index is 11.5. The minimum atomic E-state index is -3.27. The van der Waals surface area contributed by atoms with E-state index >= 15 is 0 Å². The van der Waals surface area contributed by atoms with Crippen molar-refractivity contribution in [3.8, 4) is 0 Å². The van der Waals surface area contributed by atoms with Crippen LogP contribution in [0.25, 0.3) is 0 Å². The first-order chi connectivity index (χ1) is 5.41. The lowest BCUT2D eigenvalue weighted by Gasteiger charge is -2.21. The average Bonchev–Trinajstić information content (AvgIpc) is 1.43. The second-order valence-electron chi connectivity index (χ2n) is 5.46. The summed E-state index contributed by atoms with van der Waals surface area (Å²) in [7, 11) is -6.81. The third-order valence-electron chi connectivity index (χ3n) is 0.987. The van der Waals surface area contributed by atoms with Crippen molar-refractivity contribution in [2.75, 3.05) is 5.38 Å². The van der Waals surface area contributed by atoms with Gasteiger partial charge in [0.15, 0.2) is 0 Å². The minimum absolute atomic E-state index is 0.226. The Morgan fingerprint density at radius 2 is 1.38 bits per heavy atom. The van der Waals surface area contributed by atoms with Crippen LogP contribution >= 0.6 is 0 Å². The Kier molecular flexibility index (Phi) is 3.94. The summed E-state index contributed by atoms with van der Waals surface area (Å²) in [5.41, 5.74) is 0. The summed E-state index contributed by atoms with van der Waals surface area (Å²) < 4.78 is 28.2. The normalized spacial score (nSPS) is 14.6. The lowest BCUT2D eigenvalue weighted by molar-refractivity contribution is 0.490. The third-order valence-corrected chi connectivity index (χ3v) is 8.88. The molecule has 0 aromatic carbocycles. The molecule has 0 aliphatic heterocycles. The zero-order valence-electron chi connectivity index (χ0n) is 9.34.